The molecular weight excluding hydrogens is 470 g/mol. The number of carbonyl (C=O) groups excluding carboxylic acids is 2. The Balaban J connectivity index is 1.46. The molecule has 8 nitrogen and oxygen atoms in total. The van der Waals surface area contributed by atoms with Gasteiger partial charge in [0.05, 0.1) is 17.7 Å². The lowest BCUT2D eigenvalue weighted by molar-refractivity contribution is -0.165. The van der Waals surface area contributed by atoms with Crippen molar-refractivity contribution in [2.75, 3.05) is 6.61 Å². The zero-order valence-electron chi connectivity index (χ0n) is 20.3. The summed E-state index contributed by atoms with van der Waals surface area (Å²) in [6, 6.07) is 9.35. The first-order chi connectivity index (χ1) is 16.6. The number of benzene rings is 1. The van der Waals surface area contributed by atoms with Crippen LogP contribution in [0.2, 0.25) is 0 Å². The van der Waals surface area contributed by atoms with Crippen LogP contribution in [0.25, 0.3) is 6.08 Å². The van der Waals surface area contributed by atoms with Crippen LogP contribution in [0.5, 0.6) is 0 Å². The van der Waals surface area contributed by atoms with Gasteiger partial charge >= 0.3 is 11.9 Å². The van der Waals surface area contributed by atoms with E-state index in [0.29, 0.717) is 29.1 Å². The molecule has 9 heteroatoms. The van der Waals surface area contributed by atoms with Gasteiger partial charge < -0.3 is 13.9 Å². The summed E-state index contributed by atoms with van der Waals surface area (Å²) in [4.78, 5) is 24.3. The van der Waals surface area contributed by atoms with Gasteiger partial charge in [0.1, 0.15) is 11.9 Å². The summed E-state index contributed by atoms with van der Waals surface area (Å²) in [5.74, 6) is 0.506. The molecule has 0 bridgehead atoms. The maximum Gasteiger partial charge on any atom is 0.344 e. The number of esters is 2. The van der Waals surface area contributed by atoms with Crippen LogP contribution in [-0.4, -0.2) is 33.1 Å². The lowest BCUT2D eigenvalue weighted by Crippen LogP contribution is -2.36. The second-order valence-corrected chi connectivity index (χ2v) is 11.0. The fourth-order valence-corrected chi connectivity index (χ4v) is 5.21. The number of nitrogens with one attached hydrogen (secondary N) is 1. The minimum Gasteiger partial charge on any atom is -0.468 e. The third kappa shape index (κ3) is 8.07. The Morgan fingerprint density at radius 1 is 1.17 bits per heavy atom. The van der Waals surface area contributed by atoms with Crippen LogP contribution < -0.4 is 4.72 Å². The van der Waals surface area contributed by atoms with Gasteiger partial charge in [0.2, 0.25) is 10.0 Å². The van der Waals surface area contributed by atoms with Crippen molar-refractivity contribution in [1.29, 1.82) is 0 Å². The first-order valence-corrected chi connectivity index (χ1v) is 13.3. The maximum atomic E-state index is 12.4. The van der Waals surface area contributed by atoms with Crippen molar-refractivity contribution in [3.8, 4) is 0 Å². The van der Waals surface area contributed by atoms with Crippen molar-refractivity contribution in [3.05, 3.63) is 60.1 Å². The van der Waals surface area contributed by atoms with Gasteiger partial charge in [-0.1, -0.05) is 39.3 Å². The molecule has 2 aromatic rings. The van der Waals surface area contributed by atoms with Crippen molar-refractivity contribution >= 4 is 28.0 Å². The van der Waals surface area contributed by atoms with Crippen LogP contribution in [0.1, 0.15) is 51.4 Å². The number of rotatable bonds is 10. The standard InChI is InChI=1S/C26H33NO7S/c1-18(2)23-12-6-19(3)15-24(23)34-26(29)17-33-25(28)13-9-20-7-10-22(11-8-20)35(30,31)27-16-21-5-4-14-32-21/h4-5,7-11,13-14,18-19,23-24,27H,6,12,15-17H2,1-3H3. The summed E-state index contributed by atoms with van der Waals surface area (Å²) in [5.41, 5.74) is 0.602. The second-order valence-electron chi connectivity index (χ2n) is 9.27. The predicted octanol–water partition coefficient (Wildman–Crippen LogP) is 4.32. The van der Waals surface area contributed by atoms with Crippen molar-refractivity contribution in [2.45, 2.75) is 57.6 Å². The molecule has 3 unspecified atom stereocenters. The third-order valence-electron chi connectivity index (χ3n) is 6.20. The van der Waals surface area contributed by atoms with Crippen LogP contribution in [-0.2, 0) is 35.6 Å². The van der Waals surface area contributed by atoms with E-state index in [0.717, 1.165) is 19.3 Å². The molecule has 1 fully saturated rings. The molecule has 3 rings (SSSR count). The molecule has 0 aliphatic heterocycles. The molecule has 0 saturated heterocycles. The maximum absolute atomic E-state index is 12.4. The number of sulfonamides is 1. The van der Waals surface area contributed by atoms with E-state index in [2.05, 4.69) is 25.5 Å². The van der Waals surface area contributed by atoms with Crippen LogP contribution in [0.15, 0.2) is 58.1 Å². The van der Waals surface area contributed by atoms with Crippen LogP contribution in [0.3, 0.4) is 0 Å². The molecule has 0 amide bonds. The number of furan rings is 1. The van der Waals surface area contributed by atoms with E-state index in [1.807, 2.05) is 0 Å². The normalized spacial score (nSPS) is 20.7. The van der Waals surface area contributed by atoms with E-state index < -0.39 is 28.6 Å². The minimum absolute atomic E-state index is 0.0448. The van der Waals surface area contributed by atoms with E-state index in [-0.39, 0.29) is 17.5 Å². The number of carbonyl (C=O) groups is 2. The molecule has 190 valence electrons. The molecular formula is C26H33NO7S. The Labute approximate surface area is 206 Å². The second kappa shape index (κ2) is 12.2. The molecule has 35 heavy (non-hydrogen) atoms. The highest BCUT2D eigenvalue weighted by atomic mass is 32.2. The first-order valence-electron chi connectivity index (χ1n) is 11.8. The molecule has 1 aromatic heterocycles. The number of hydrogen-bond acceptors (Lipinski definition) is 7. The van der Waals surface area contributed by atoms with Crippen molar-refractivity contribution in [2.24, 2.45) is 17.8 Å². The molecule has 3 atom stereocenters. The Hall–Kier alpha value is -2.91. The Bertz CT molecular complexity index is 1110. The monoisotopic (exact) mass is 503 g/mol. The number of hydrogen-bond donors (Lipinski definition) is 1. The van der Waals surface area contributed by atoms with Crippen LogP contribution in [0.4, 0.5) is 0 Å². The van der Waals surface area contributed by atoms with Gasteiger partial charge in [0.25, 0.3) is 0 Å². The molecule has 1 heterocycles. The molecule has 1 N–H and O–H groups in total. The van der Waals surface area contributed by atoms with Gasteiger partial charge in [-0.3, -0.25) is 0 Å². The van der Waals surface area contributed by atoms with Gasteiger partial charge in [0, 0.05) is 6.08 Å². The topological polar surface area (TPSA) is 112 Å². The summed E-state index contributed by atoms with van der Waals surface area (Å²) in [6.45, 7) is 6.01. The SMILES string of the molecule is CC1CCC(C(C)C)C(OC(=O)COC(=O)C=Cc2ccc(S(=O)(=O)NCc3ccco3)cc2)C1. The molecule has 0 spiro atoms. The molecule has 1 saturated carbocycles. The average Bonchev–Trinajstić information content (AvgIpc) is 3.34. The average molecular weight is 504 g/mol. The Morgan fingerprint density at radius 2 is 1.91 bits per heavy atom. The first kappa shape index (κ1) is 26.7. The van der Waals surface area contributed by atoms with Gasteiger partial charge in [-0.05, 0) is 66.5 Å². The summed E-state index contributed by atoms with van der Waals surface area (Å²) in [5, 5.41) is 0. The summed E-state index contributed by atoms with van der Waals surface area (Å²) in [6.07, 6.45) is 6.97. The molecule has 1 aromatic carbocycles. The summed E-state index contributed by atoms with van der Waals surface area (Å²) < 4.78 is 43.0. The molecule has 0 radical (unpaired) electrons. The van der Waals surface area contributed by atoms with E-state index in [1.54, 1.807) is 24.3 Å². The summed E-state index contributed by atoms with van der Waals surface area (Å²) in [7, 11) is -3.71. The largest absolute Gasteiger partial charge is 0.468 e. The van der Waals surface area contributed by atoms with E-state index in [9.17, 15) is 18.0 Å². The van der Waals surface area contributed by atoms with E-state index in [4.69, 9.17) is 13.9 Å². The zero-order chi connectivity index (χ0) is 25.4. The predicted molar refractivity (Wildman–Crippen MR) is 130 cm³/mol. The highest BCUT2D eigenvalue weighted by Crippen LogP contribution is 2.35. The van der Waals surface area contributed by atoms with Crippen molar-refractivity contribution < 1.29 is 31.9 Å². The molecule has 1 aliphatic carbocycles. The third-order valence-corrected chi connectivity index (χ3v) is 7.61. The fourth-order valence-electron chi connectivity index (χ4n) is 4.22. The van der Waals surface area contributed by atoms with Gasteiger partial charge in [0.15, 0.2) is 6.61 Å². The van der Waals surface area contributed by atoms with Crippen molar-refractivity contribution in [1.82, 2.24) is 4.72 Å². The Kier molecular flexibility index (Phi) is 9.28. The fraction of sp³-hybridized carbons (Fsp3) is 0.462. The van der Waals surface area contributed by atoms with Gasteiger partial charge in [-0.2, -0.15) is 0 Å². The lowest BCUT2D eigenvalue weighted by atomic mass is 9.75. The highest BCUT2D eigenvalue weighted by molar-refractivity contribution is 7.89. The minimum atomic E-state index is -3.71. The van der Waals surface area contributed by atoms with Gasteiger partial charge in [-0.25, -0.2) is 22.7 Å². The van der Waals surface area contributed by atoms with Crippen LogP contribution >= 0.6 is 0 Å². The van der Waals surface area contributed by atoms with Gasteiger partial charge in [-0.15, -0.1) is 0 Å². The van der Waals surface area contributed by atoms with Crippen molar-refractivity contribution in [3.63, 3.8) is 0 Å². The van der Waals surface area contributed by atoms with Crippen LogP contribution in [0, 0.1) is 17.8 Å². The lowest BCUT2D eigenvalue weighted by Gasteiger charge is -2.36. The van der Waals surface area contributed by atoms with E-state index in [1.165, 1.54) is 30.5 Å². The Morgan fingerprint density at radius 3 is 2.57 bits per heavy atom. The smallest absolute Gasteiger partial charge is 0.344 e. The molecule has 1 aliphatic rings. The van der Waals surface area contributed by atoms with E-state index >= 15 is 0 Å². The highest BCUT2D eigenvalue weighted by Gasteiger charge is 2.33. The summed E-state index contributed by atoms with van der Waals surface area (Å²) >= 11 is 0. The quantitative estimate of drug-likeness (QED) is 0.380. The zero-order valence-corrected chi connectivity index (χ0v) is 21.1. The number of ether oxygens (including phenoxy) is 2.